The average Bonchev–Trinajstić information content (AvgIpc) is 3.14. The third-order valence-corrected chi connectivity index (χ3v) is 6.98. The van der Waals surface area contributed by atoms with E-state index in [1.165, 1.54) is 11.4 Å². The van der Waals surface area contributed by atoms with Gasteiger partial charge in [-0.15, -0.1) is 0 Å². The van der Waals surface area contributed by atoms with Gasteiger partial charge in [0.2, 0.25) is 0 Å². The van der Waals surface area contributed by atoms with E-state index < -0.39 is 14.9 Å². The Morgan fingerprint density at radius 3 is 2.60 bits per heavy atom. The summed E-state index contributed by atoms with van der Waals surface area (Å²) in [6, 6.07) is 0.932. The van der Waals surface area contributed by atoms with Crippen LogP contribution in [0.1, 0.15) is 19.8 Å². The topological polar surface area (TPSA) is 119 Å². The highest BCUT2D eigenvalue weighted by molar-refractivity contribution is 7.91. The van der Waals surface area contributed by atoms with Gasteiger partial charge in [-0.2, -0.15) is 4.31 Å². The number of nitrogens with zero attached hydrogens (tertiary/aromatic N) is 2. The van der Waals surface area contributed by atoms with Crippen LogP contribution in [0.15, 0.2) is 10.3 Å². The Hall–Kier alpha value is -1.23. The lowest BCUT2D eigenvalue weighted by atomic mass is 10.2. The molecule has 0 aliphatic heterocycles. The third-order valence-electron chi connectivity index (χ3n) is 3.53. The fourth-order valence-electron chi connectivity index (χ4n) is 1.96. The van der Waals surface area contributed by atoms with Crippen molar-refractivity contribution < 1.29 is 13.3 Å². The maximum Gasteiger partial charge on any atom is 0.306 e. The van der Waals surface area contributed by atoms with Gasteiger partial charge in [0.15, 0.2) is 5.00 Å². The highest BCUT2D eigenvalue weighted by atomic mass is 32.2. The molecule has 1 aromatic heterocycles. The summed E-state index contributed by atoms with van der Waals surface area (Å²) in [5.41, 5.74) is 1.84. The Morgan fingerprint density at radius 2 is 2.20 bits per heavy atom. The largest absolute Gasteiger partial charge is 0.310 e. The van der Waals surface area contributed by atoms with Crippen molar-refractivity contribution >= 4 is 32.0 Å². The minimum absolute atomic E-state index is 0.0288. The number of nitrogens with two attached hydrogens (primary N) is 1. The van der Waals surface area contributed by atoms with E-state index in [0.29, 0.717) is 5.92 Å². The molecule has 0 aromatic carbocycles. The molecule has 0 saturated heterocycles. The number of hydrazine groups is 1. The summed E-state index contributed by atoms with van der Waals surface area (Å²) in [6.07, 6.45) is 2.03. The van der Waals surface area contributed by atoms with Crippen molar-refractivity contribution in [3.63, 3.8) is 0 Å². The summed E-state index contributed by atoms with van der Waals surface area (Å²) in [7, 11) is -2.24. The monoisotopic (exact) mass is 320 g/mol. The minimum atomic E-state index is -3.74. The summed E-state index contributed by atoms with van der Waals surface area (Å²) < 4.78 is 26.1. The van der Waals surface area contributed by atoms with Crippen LogP contribution >= 0.6 is 11.3 Å². The normalized spacial score (nSPS) is 17.2. The van der Waals surface area contributed by atoms with E-state index in [2.05, 4.69) is 5.43 Å². The second-order valence-electron chi connectivity index (χ2n) is 4.78. The summed E-state index contributed by atoms with van der Waals surface area (Å²) in [4.78, 5) is 10.2. The molecule has 0 amide bonds. The highest BCUT2D eigenvalue weighted by Gasteiger charge is 2.37. The van der Waals surface area contributed by atoms with Crippen LogP contribution in [0.25, 0.3) is 0 Å². The summed E-state index contributed by atoms with van der Waals surface area (Å²) >= 11 is 0.765. The molecule has 1 fully saturated rings. The molecule has 8 nitrogen and oxygen atoms in total. The number of anilines is 1. The van der Waals surface area contributed by atoms with Crippen LogP contribution in [0.2, 0.25) is 0 Å². The number of sulfonamides is 1. The van der Waals surface area contributed by atoms with Crippen LogP contribution in [-0.2, 0) is 10.0 Å². The van der Waals surface area contributed by atoms with Gasteiger partial charge in [0.1, 0.15) is 4.21 Å². The van der Waals surface area contributed by atoms with Crippen molar-refractivity contribution in [1.82, 2.24) is 4.31 Å². The molecule has 3 N–H and O–H groups in total. The Balaban J connectivity index is 2.36. The predicted octanol–water partition coefficient (Wildman–Crippen LogP) is 1.36. The second-order valence-corrected chi connectivity index (χ2v) is 8.06. The number of hydrogen-bond donors (Lipinski definition) is 2. The molecule has 20 heavy (non-hydrogen) atoms. The molecule has 0 bridgehead atoms. The van der Waals surface area contributed by atoms with E-state index >= 15 is 0 Å². The maximum atomic E-state index is 12.5. The maximum absolute atomic E-state index is 12.5. The molecule has 1 aliphatic rings. The predicted molar refractivity (Wildman–Crippen MR) is 75.9 cm³/mol. The van der Waals surface area contributed by atoms with Gasteiger partial charge in [0.25, 0.3) is 10.0 Å². The molecular weight excluding hydrogens is 304 g/mol. The Bertz CT molecular complexity index is 623. The van der Waals surface area contributed by atoms with E-state index in [-0.39, 0.29) is 20.9 Å². The van der Waals surface area contributed by atoms with E-state index in [9.17, 15) is 18.5 Å². The van der Waals surface area contributed by atoms with Crippen LogP contribution in [-0.4, -0.2) is 30.7 Å². The molecule has 1 heterocycles. The smallest absolute Gasteiger partial charge is 0.306 e. The van der Waals surface area contributed by atoms with Crippen molar-refractivity contribution in [2.24, 2.45) is 11.8 Å². The summed E-state index contributed by atoms with van der Waals surface area (Å²) in [6.45, 7) is 1.85. The number of thiophene rings is 1. The van der Waals surface area contributed by atoms with Crippen LogP contribution in [0.5, 0.6) is 0 Å². The number of nitro groups is 1. The van der Waals surface area contributed by atoms with Crippen molar-refractivity contribution in [3.8, 4) is 0 Å². The van der Waals surface area contributed by atoms with E-state index in [4.69, 9.17) is 5.84 Å². The molecule has 0 spiro atoms. The van der Waals surface area contributed by atoms with Crippen LogP contribution in [0, 0.1) is 16.0 Å². The zero-order valence-corrected chi connectivity index (χ0v) is 12.7. The third kappa shape index (κ3) is 2.64. The first kappa shape index (κ1) is 15.2. The van der Waals surface area contributed by atoms with Gasteiger partial charge in [0, 0.05) is 19.2 Å². The van der Waals surface area contributed by atoms with Gasteiger partial charge in [-0.25, -0.2) is 14.3 Å². The summed E-state index contributed by atoms with van der Waals surface area (Å²) in [5, 5.41) is 10.9. The van der Waals surface area contributed by atoms with Gasteiger partial charge in [-0.05, 0) is 25.7 Å². The van der Waals surface area contributed by atoms with Crippen molar-refractivity contribution in [1.29, 1.82) is 0 Å². The van der Waals surface area contributed by atoms with Crippen LogP contribution in [0.3, 0.4) is 0 Å². The second kappa shape index (κ2) is 5.28. The summed E-state index contributed by atoms with van der Waals surface area (Å²) in [5.74, 6) is 5.56. The van der Waals surface area contributed by atoms with E-state index in [1.54, 1.807) is 0 Å². The first-order valence-corrected chi connectivity index (χ1v) is 8.27. The van der Waals surface area contributed by atoms with E-state index in [0.717, 1.165) is 30.2 Å². The number of hydrogen-bond acceptors (Lipinski definition) is 7. The molecule has 2 rings (SSSR count). The zero-order valence-electron chi connectivity index (χ0n) is 11.1. The fourth-order valence-corrected chi connectivity index (χ4v) is 4.81. The molecule has 1 aliphatic carbocycles. The SMILES string of the molecule is CC(C1CC1)N(C)S(=O)(=O)c1cc([N+](=O)[O-])c(NN)s1. The van der Waals surface area contributed by atoms with Crippen LogP contribution in [0.4, 0.5) is 10.7 Å². The van der Waals surface area contributed by atoms with Crippen molar-refractivity contribution in [3.05, 3.63) is 16.2 Å². The molecule has 1 atom stereocenters. The Morgan fingerprint density at radius 1 is 1.60 bits per heavy atom. The van der Waals surface area contributed by atoms with Gasteiger partial charge in [0.05, 0.1) is 4.92 Å². The molecule has 112 valence electrons. The van der Waals surface area contributed by atoms with Gasteiger partial charge in [-0.3, -0.25) is 10.1 Å². The molecule has 0 radical (unpaired) electrons. The average molecular weight is 320 g/mol. The molecular formula is C10H16N4O4S2. The van der Waals surface area contributed by atoms with E-state index in [1.807, 2.05) is 6.92 Å². The van der Waals surface area contributed by atoms with Crippen molar-refractivity contribution in [2.45, 2.75) is 30.0 Å². The van der Waals surface area contributed by atoms with Crippen molar-refractivity contribution in [2.75, 3.05) is 12.5 Å². The Labute approximate surface area is 120 Å². The number of nitrogen functional groups attached to an aromatic ring is 1. The van der Waals surface area contributed by atoms with Gasteiger partial charge < -0.3 is 5.43 Å². The lowest BCUT2D eigenvalue weighted by Crippen LogP contribution is -2.36. The van der Waals surface area contributed by atoms with Gasteiger partial charge >= 0.3 is 5.69 Å². The first-order chi connectivity index (χ1) is 9.28. The zero-order chi connectivity index (χ0) is 15.1. The number of rotatable bonds is 6. The highest BCUT2D eigenvalue weighted by Crippen LogP contribution is 2.40. The number of nitrogens with one attached hydrogen (secondary N) is 1. The standard InChI is InChI=1S/C10H16N4O4S2/c1-6(7-3-4-7)13(2)20(17,18)9-5-8(14(15)16)10(12-11)19-9/h5-7,12H,3-4,11H2,1-2H3. The molecule has 1 saturated carbocycles. The molecule has 1 aromatic rings. The Kier molecular flexibility index (Phi) is 4.00. The molecule has 1 unspecified atom stereocenters. The van der Waals surface area contributed by atoms with Gasteiger partial charge in [-0.1, -0.05) is 11.3 Å². The molecule has 10 heteroatoms. The van der Waals surface area contributed by atoms with Crippen LogP contribution < -0.4 is 11.3 Å². The fraction of sp³-hybridized carbons (Fsp3) is 0.600. The lowest BCUT2D eigenvalue weighted by Gasteiger charge is -2.23. The minimum Gasteiger partial charge on any atom is -0.310 e. The first-order valence-electron chi connectivity index (χ1n) is 6.02. The quantitative estimate of drug-likeness (QED) is 0.464. The lowest BCUT2D eigenvalue weighted by molar-refractivity contribution is -0.383.